The van der Waals surface area contributed by atoms with Gasteiger partial charge >= 0.3 is 23.9 Å². The predicted molar refractivity (Wildman–Crippen MR) is 103 cm³/mol. The van der Waals surface area contributed by atoms with Crippen molar-refractivity contribution in [3.8, 4) is 22.6 Å². The lowest BCUT2D eigenvalue weighted by atomic mass is 9.79. The van der Waals surface area contributed by atoms with Crippen LogP contribution in [0.2, 0.25) is 0 Å². The van der Waals surface area contributed by atoms with Gasteiger partial charge in [-0.2, -0.15) is 0 Å². The van der Waals surface area contributed by atoms with Gasteiger partial charge in [-0.05, 0) is 49.2 Å². The molecule has 2 aromatic rings. The monoisotopic (exact) mass is 410 g/mol. The maximum Gasteiger partial charge on any atom is 0.335 e. The zero-order valence-electron chi connectivity index (χ0n) is 15.8. The molecule has 0 spiro atoms. The number of hydrogen-bond donors (Lipinski definition) is 2. The highest BCUT2D eigenvalue weighted by atomic mass is 16.5. The van der Waals surface area contributed by atoms with E-state index in [1.54, 1.807) is 0 Å². The number of rotatable bonds is 2. The Labute approximate surface area is 171 Å². The summed E-state index contributed by atoms with van der Waals surface area (Å²) >= 11 is 0. The molecular formula is C22H18O8. The molecule has 1 aliphatic carbocycles. The summed E-state index contributed by atoms with van der Waals surface area (Å²) < 4.78 is 11.2. The summed E-state index contributed by atoms with van der Waals surface area (Å²) in [7, 11) is 0. The van der Waals surface area contributed by atoms with E-state index in [-0.39, 0.29) is 33.8 Å². The molecule has 2 atom stereocenters. The van der Waals surface area contributed by atoms with E-state index >= 15 is 0 Å². The zero-order valence-corrected chi connectivity index (χ0v) is 15.8. The van der Waals surface area contributed by atoms with Gasteiger partial charge in [0.25, 0.3) is 0 Å². The Kier molecular flexibility index (Phi) is 4.99. The van der Waals surface area contributed by atoms with E-state index in [1.807, 2.05) is 0 Å². The lowest BCUT2D eigenvalue weighted by molar-refractivity contribution is -0.152. The third kappa shape index (κ3) is 3.52. The fraction of sp³-hybridized carbons (Fsp3) is 0.273. The Morgan fingerprint density at radius 1 is 0.733 bits per heavy atom. The van der Waals surface area contributed by atoms with Crippen LogP contribution in [0.25, 0.3) is 11.1 Å². The van der Waals surface area contributed by atoms with Crippen LogP contribution in [-0.2, 0) is 9.59 Å². The quantitative estimate of drug-likeness (QED) is 0.570. The average Bonchev–Trinajstić information content (AvgIpc) is 2.73. The summed E-state index contributed by atoms with van der Waals surface area (Å²) in [5.41, 5.74) is 0.137. The largest absolute Gasteiger partial charge is 0.478 e. The zero-order chi connectivity index (χ0) is 21.4. The third-order valence-electron chi connectivity index (χ3n) is 5.54. The van der Waals surface area contributed by atoms with Gasteiger partial charge in [0, 0.05) is 11.1 Å². The number of esters is 2. The van der Waals surface area contributed by atoms with Gasteiger partial charge in [-0.25, -0.2) is 9.59 Å². The summed E-state index contributed by atoms with van der Waals surface area (Å²) in [6, 6.07) is 7.84. The van der Waals surface area contributed by atoms with Gasteiger partial charge in [0.1, 0.15) is 11.5 Å². The van der Waals surface area contributed by atoms with Crippen LogP contribution in [0, 0.1) is 11.8 Å². The topological polar surface area (TPSA) is 127 Å². The molecule has 0 radical (unpaired) electrons. The van der Waals surface area contributed by atoms with E-state index in [4.69, 9.17) is 9.47 Å². The molecule has 1 heterocycles. The lowest BCUT2D eigenvalue weighted by Gasteiger charge is -2.29. The molecule has 1 saturated carbocycles. The van der Waals surface area contributed by atoms with Crippen LogP contribution < -0.4 is 9.47 Å². The van der Waals surface area contributed by atoms with Crippen molar-refractivity contribution in [1.29, 1.82) is 0 Å². The molecule has 0 saturated heterocycles. The highest BCUT2D eigenvalue weighted by Crippen LogP contribution is 2.41. The number of carboxylic acids is 2. The fourth-order valence-corrected chi connectivity index (χ4v) is 3.99. The van der Waals surface area contributed by atoms with Crippen molar-refractivity contribution in [2.75, 3.05) is 0 Å². The number of ether oxygens (including phenoxy) is 2. The molecule has 8 nitrogen and oxygen atoms in total. The van der Waals surface area contributed by atoms with E-state index in [0.717, 1.165) is 12.8 Å². The Balaban J connectivity index is 1.94. The van der Waals surface area contributed by atoms with Crippen LogP contribution >= 0.6 is 0 Å². The van der Waals surface area contributed by atoms with E-state index in [2.05, 4.69) is 0 Å². The van der Waals surface area contributed by atoms with Gasteiger partial charge in [0.15, 0.2) is 0 Å². The number of carboxylic acid groups (broad SMARTS) is 2. The minimum atomic E-state index is -1.21. The highest BCUT2D eigenvalue weighted by Gasteiger charge is 2.39. The second-order valence-corrected chi connectivity index (χ2v) is 7.37. The average molecular weight is 410 g/mol. The Morgan fingerprint density at radius 3 is 1.50 bits per heavy atom. The van der Waals surface area contributed by atoms with Crippen LogP contribution in [0.5, 0.6) is 11.5 Å². The van der Waals surface area contributed by atoms with Gasteiger partial charge in [0.05, 0.1) is 23.0 Å². The van der Waals surface area contributed by atoms with Crippen molar-refractivity contribution in [3.63, 3.8) is 0 Å². The molecule has 0 aromatic heterocycles. The van der Waals surface area contributed by atoms with E-state index < -0.39 is 35.7 Å². The number of carbonyl (C=O) groups excluding carboxylic acids is 2. The summed E-state index contributed by atoms with van der Waals surface area (Å²) in [5.74, 6) is -4.73. The summed E-state index contributed by atoms with van der Waals surface area (Å²) in [6.45, 7) is 0. The van der Waals surface area contributed by atoms with Crippen molar-refractivity contribution >= 4 is 23.9 Å². The molecule has 8 heteroatoms. The minimum absolute atomic E-state index is 0.0797. The number of carbonyl (C=O) groups is 4. The van der Waals surface area contributed by atoms with Gasteiger partial charge in [-0.1, -0.05) is 12.8 Å². The van der Waals surface area contributed by atoms with Gasteiger partial charge in [-0.15, -0.1) is 0 Å². The maximum absolute atomic E-state index is 12.8. The Bertz CT molecular complexity index is 985. The molecule has 1 fully saturated rings. The smallest absolute Gasteiger partial charge is 0.335 e. The summed E-state index contributed by atoms with van der Waals surface area (Å²) in [6.07, 6.45) is 2.55. The maximum atomic E-state index is 12.8. The molecule has 30 heavy (non-hydrogen) atoms. The second kappa shape index (κ2) is 7.62. The number of aromatic carboxylic acids is 2. The lowest BCUT2D eigenvalue weighted by Crippen LogP contribution is -2.37. The molecule has 2 aromatic carbocycles. The first kappa shape index (κ1) is 19.6. The third-order valence-corrected chi connectivity index (χ3v) is 5.54. The van der Waals surface area contributed by atoms with Gasteiger partial charge in [0.2, 0.25) is 0 Å². The van der Waals surface area contributed by atoms with Crippen LogP contribution in [-0.4, -0.2) is 34.1 Å². The van der Waals surface area contributed by atoms with Crippen molar-refractivity contribution in [3.05, 3.63) is 47.5 Å². The number of hydrogen-bond acceptors (Lipinski definition) is 6. The second-order valence-electron chi connectivity index (χ2n) is 7.37. The first-order valence-electron chi connectivity index (χ1n) is 9.53. The Morgan fingerprint density at radius 2 is 1.13 bits per heavy atom. The molecule has 2 N–H and O–H groups in total. The number of benzene rings is 2. The molecule has 0 unspecified atom stereocenters. The Hall–Kier alpha value is -3.68. The van der Waals surface area contributed by atoms with E-state index in [0.29, 0.717) is 12.8 Å². The molecule has 4 rings (SSSR count). The van der Waals surface area contributed by atoms with Crippen LogP contribution in [0.1, 0.15) is 46.4 Å². The van der Waals surface area contributed by atoms with Crippen LogP contribution in [0.4, 0.5) is 0 Å². The first-order valence-corrected chi connectivity index (χ1v) is 9.53. The molecule has 2 aliphatic rings. The molecule has 0 amide bonds. The van der Waals surface area contributed by atoms with E-state index in [9.17, 15) is 29.4 Å². The van der Waals surface area contributed by atoms with Crippen molar-refractivity contribution in [2.45, 2.75) is 25.7 Å². The highest BCUT2D eigenvalue weighted by molar-refractivity contribution is 5.96. The van der Waals surface area contributed by atoms with E-state index in [1.165, 1.54) is 36.4 Å². The molecule has 154 valence electrons. The SMILES string of the molecule is O=C(O)c1ccc2c(c1)-c1cc(C(=O)O)ccc1OC(=O)[C@H]1CCCC[C@@H]1C(=O)O2. The van der Waals surface area contributed by atoms with Crippen LogP contribution in [0.15, 0.2) is 36.4 Å². The van der Waals surface area contributed by atoms with Crippen molar-refractivity contribution in [1.82, 2.24) is 0 Å². The predicted octanol–water partition coefficient (Wildman–Crippen LogP) is 3.38. The fourth-order valence-electron chi connectivity index (χ4n) is 3.99. The summed E-state index contributed by atoms with van der Waals surface area (Å²) in [4.78, 5) is 48.6. The van der Waals surface area contributed by atoms with Crippen molar-refractivity contribution < 1.29 is 38.9 Å². The summed E-state index contributed by atoms with van der Waals surface area (Å²) in [5, 5.41) is 18.7. The van der Waals surface area contributed by atoms with Gasteiger partial charge < -0.3 is 19.7 Å². The molecule has 1 aliphatic heterocycles. The molecular weight excluding hydrogens is 392 g/mol. The van der Waals surface area contributed by atoms with Gasteiger partial charge in [-0.3, -0.25) is 9.59 Å². The standard InChI is InChI=1S/C22H18O8/c23-19(24)11-5-7-17-15(9-11)16-10-12(20(25)26)6-8-18(16)30-22(28)14-4-2-1-3-13(14)21(27)29-17/h5-10,13-14H,1-4H2,(H,23,24)(H,25,26)/t13-,14-/m0/s1. The number of fused-ring (bicyclic) bond motifs is 4. The minimum Gasteiger partial charge on any atom is -0.478 e. The normalized spacial score (nSPS) is 20.7. The van der Waals surface area contributed by atoms with Crippen LogP contribution in [0.3, 0.4) is 0 Å². The van der Waals surface area contributed by atoms with Crippen molar-refractivity contribution in [2.24, 2.45) is 11.8 Å². The first-order chi connectivity index (χ1) is 14.3. The molecule has 0 bridgehead atoms.